The van der Waals surface area contributed by atoms with Crippen molar-refractivity contribution >= 4 is 22.6 Å². The molecule has 0 saturated carbocycles. The first-order chi connectivity index (χ1) is 9.65. The lowest BCUT2D eigenvalue weighted by Gasteiger charge is -2.30. The molecule has 1 fully saturated rings. The minimum Gasteiger partial charge on any atom is -0.393 e. The minimum absolute atomic E-state index is 0.0396. The molecule has 1 amide bonds. The van der Waals surface area contributed by atoms with Gasteiger partial charge in [0.15, 0.2) is 0 Å². The van der Waals surface area contributed by atoms with Crippen LogP contribution in [0.15, 0.2) is 30.3 Å². The Morgan fingerprint density at radius 1 is 1.30 bits per heavy atom. The van der Waals surface area contributed by atoms with E-state index in [-0.39, 0.29) is 12.0 Å². The molecule has 0 unspecified atom stereocenters. The van der Waals surface area contributed by atoms with E-state index in [0.717, 1.165) is 10.9 Å². The van der Waals surface area contributed by atoms with Crippen LogP contribution in [0, 0.1) is 0 Å². The molecule has 0 aliphatic carbocycles. The molecule has 2 aromatic rings. The van der Waals surface area contributed by atoms with E-state index in [1.165, 1.54) is 0 Å². The lowest BCUT2D eigenvalue weighted by molar-refractivity contribution is 0.0548. The second-order valence-corrected chi connectivity index (χ2v) is 5.14. The summed E-state index contributed by atoms with van der Waals surface area (Å²) in [6, 6.07) is 9.13. The molecular weight excluding hydrogens is 254 g/mol. The summed E-state index contributed by atoms with van der Waals surface area (Å²) in [4.78, 5) is 18.6. The molecule has 5 heteroatoms. The number of nitrogen functional groups attached to an aromatic ring is 1. The molecule has 3 rings (SSSR count). The first-order valence-electron chi connectivity index (χ1n) is 6.78. The summed E-state index contributed by atoms with van der Waals surface area (Å²) in [6.07, 6.45) is 0.965. The summed E-state index contributed by atoms with van der Waals surface area (Å²) >= 11 is 0. The van der Waals surface area contributed by atoms with Gasteiger partial charge in [-0.3, -0.25) is 4.79 Å². The zero-order valence-electron chi connectivity index (χ0n) is 11.1. The lowest BCUT2D eigenvalue weighted by atomic mass is 10.0. The van der Waals surface area contributed by atoms with E-state index in [4.69, 9.17) is 5.73 Å². The number of para-hydroxylation sites is 1. The normalized spacial score (nSPS) is 16.6. The molecule has 0 atom stereocenters. The molecule has 0 radical (unpaired) electrons. The van der Waals surface area contributed by atoms with Crippen molar-refractivity contribution in [3.63, 3.8) is 0 Å². The lowest BCUT2D eigenvalue weighted by Crippen LogP contribution is -2.40. The van der Waals surface area contributed by atoms with Crippen LogP contribution < -0.4 is 5.73 Å². The van der Waals surface area contributed by atoms with Crippen LogP contribution >= 0.6 is 0 Å². The average Bonchev–Trinajstić information content (AvgIpc) is 2.46. The van der Waals surface area contributed by atoms with Gasteiger partial charge >= 0.3 is 0 Å². The molecule has 1 saturated heterocycles. The standard InChI is InChI=1S/C15H17N3O2/c16-14-9-12(11-3-1-2-4-13(11)17-14)15(20)18-7-5-10(19)6-8-18/h1-4,9-10,19H,5-8H2,(H2,16,17). The molecule has 1 aliphatic heterocycles. The molecule has 104 valence electrons. The van der Waals surface area contributed by atoms with Gasteiger partial charge in [-0.1, -0.05) is 18.2 Å². The highest BCUT2D eigenvalue weighted by Crippen LogP contribution is 2.22. The molecule has 20 heavy (non-hydrogen) atoms. The maximum atomic E-state index is 12.6. The van der Waals surface area contributed by atoms with E-state index in [1.807, 2.05) is 24.3 Å². The second kappa shape index (κ2) is 5.09. The Labute approximate surface area is 117 Å². The third-order valence-corrected chi connectivity index (χ3v) is 3.72. The van der Waals surface area contributed by atoms with Gasteiger partial charge in [-0.15, -0.1) is 0 Å². The molecule has 0 bridgehead atoms. The summed E-state index contributed by atoms with van der Waals surface area (Å²) in [7, 11) is 0. The third kappa shape index (κ3) is 2.32. The van der Waals surface area contributed by atoms with Crippen molar-refractivity contribution in [2.75, 3.05) is 18.8 Å². The van der Waals surface area contributed by atoms with Gasteiger partial charge in [-0.25, -0.2) is 4.98 Å². The van der Waals surface area contributed by atoms with Gasteiger partial charge in [-0.05, 0) is 25.0 Å². The quantitative estimate of drug-likeness (QED) is 0.822. The number of nitrogens with two attached hydrogens (primary N) is 1. The number of anilines is 1. The number of rotatable bonds is 1. The fraction of sp³-hybridized carbons (Fsp3) is 0.333. The number of amides is 1. The Balaban J connectivity index is 1.99. The van der Waals surface area contributed by atoms with Crippen LogP contribution in [0.25, 0.3) is 10.9 Å². The fourth-order valence-corrected chi connectivity index (χ4v) is 2.61. The van der Waals surface area contributed by atoms with Crippen LogP contribution in [0.1, 0.15) is 23.2 Å². The van der Waals surface area contributed by atoms with Gasteiger partial charge in [0.1, 0.15) is 5.82 Å². The van der Waals surface area contributed by atoms with E-state index in [9.17, 15) is 9.90 Å². The number of likely N-dealkylation sites (tertiary alicyclic amines) is 1. The number of fused-ring (bicyclic) bond motifs is 1. The Kier molecular flexibility index (Phi) is 3.28. The van der Waals surface area contributed by atoms with Crippen LogP contribution in [-0.4, -0.2) is 40.1 Å². The SMILES string of the molecule is Nc1cc(C(=O)N2CCC(O)CC2)c2ccccc2n1. The van der Waals surface area contributed by atoms with Crippen LogP contribution in [0.5, 0.6) is 0 Å². The molecule has 1 aromatic carbocycles. The van der Waals surface area contributed by atoms with Crippen molar-refractivity contribution in [3.05, 3.63) is 35.9 Å². The molecular formula is C15H17N3O2. The predicted molar refractivity (Wildman–Crippen MR) is 77.3 cm³/mol. The number of aliphatic hydroxyl groups excluding tert-OH is 1. The number of pyridine rings is 1. The largest absolute Gasteiger partial charge is 0.393 e. The minimum atomic E-state index is -0.293. The van der Waals surface area contributed by atoms with Crippen molar-refractivity contribution in [1.29, 1.82) is 0 Å². The van der Waals surface area contributed by atoms with Crippen molar-refractivity contribution in [3.8, 4) is 0 Å². The van der Waals surface area contributed by atoms with Crippen molar-refractivity contribution in [1.82, 2.24) is 9.88 Å². The molecule has 1 aliphatic rings. The smallest absolute Gasteiger partial charge is 0.254 e. The number of hydrogen-bond donors (Lipinski definition) is 2. The number of carbonyl (C=O) groups is 1. The highest BCUT2D eigenvalue weighted by molar-refractivity contribution is 6.06. The van der Waals surface area contributed by atoms with Gasteiger partial charge in [0, 0.05) is 18.5 Å². The summed E-state index contributed by atoms with van der Waals surface area (Å²) in [5.74, 6) is 0.311. The number of benzene rings is 1. The highest BCUT2D eigenvalue weighted by Gasteiger charge is 2.23. The topological polar surface area (TPSA) is 79.5 Å². The van der Waals surface area contributed by atoms with Crippen LogP contribution in [0.4, 0.5) is 5.82 Å². The Morgan fingerprint density at radius 3 is 2.75 bits per heavy atom. The Bertz CT molecular complexity index is 649. The van der Waals surface area contributed by atoms with E-state index in [0.29, 0.717) is 37.3 Å². The van der Waals surface area contributed by atoms with E-state index in [2.05, 4.69) is 4.98 Å². The number of hydrogen-bond acceptors (Lipinski definition) is 4. The van der Waals surface area contributed by atoms with E-state index < -0.39 is 0 Å². The fourth-order valence-electron chi connectivity index (χ4n) is 2.61. The van der Waals surface area contributed by atoms with Gasteiger partial charge in [0.05, 0.1) is 17.2 Å². The second-order valence-electron chi connectivity index (χ2n) is 5.14. The van der Waals surface area contributed by atoms with Gasteiger partial charge in [0.2, 0.25) is 0 Å². The molecule has 2 heterocycles. The predicted octanol–water partition coefficient (Wildman–Crippen LogP) is 1.41. The average molecular weight is 271 g/mol. The number of carbonyl (C=O) groups excluding carboxylic acids is 1. The van der Waals surface area contributed by atoms with Gasteiger partial charge < -0.3 is 15.7 Å². The Hall–Kier alpha value is -2.14. The van der Waals surface area contributed by atoms with E-state index in [1.54, 1.807) is 11.0 Å². The molecule has 1 aromatic heterocycles. The molecule has 5 nitrogen and oxygen atoms in total. The first-order valence-corrected chi connectivity index (χ1v) is 6.78. The highest BCUT2D eigenvalue weighted by atomic mass is 16.3. The van der Waals surface area contributed by atoms with Crippen molar-refractivity contribution < 1.29 is 9.90 Å². The van der Waals surface area contributed by atoms with E-state index >= 15 is 0 Å². The van der Waals surface area contributed by atoms with Crippen LogP contribution in [-0.2, 0) is 0 Å². The maximum absolute atomic E-state index is 12.6. The number of aliphatic hydroxyl groups is 1. The summed E-state index contributed by atoms with van der Waals surface area (Å²) in [6.45, 7) is 1.16. The van der Waals surface area contributed by atoms with Crippen LogP contribution in [0.3, 0.4) is 0 Å². The summed E-state index contributed by atoms with van der Waals surface area (Å²) in [5.41, 5.74) is 7.11. The molecule has 3 N–H and O–H groups in total. The number of aromatic nitrogens is 1. The third-order valence-electron chi connectivity index (χ3n) is 3.72. The summed E-state index contributed by atoms with van der Waals surface area (Å²) < 4.78 is 0. The monoisotopic (exact) mass is 271 g/mol. The Morgan fingerprint density at radius 2 is 2.00 bits per heavy atom. The summed E-state index contributed by atoms with van der Waals surface area (Å²) in [5, 5.41) is 10.3. The number of nitrogens with zero attached hydrogens (tertiary/aromatic N) is 2. The van der Waals surface area contributed by atoms with Crippen molar-refractivity contribution in [2.24, 2.45) is 0 Å². The zero-order valence-corrected chi connectivity index (χ0v) is 11.1. The van der Waals surface area contributed by atoms with Gasteiger partial charge in [-0.2, -0.15) is 0 Å². The first kappa shape index (κ1) is 12.9. The zero-order chi connectivity index (χ0) is 14.1. The van der Waals surface area contributed by atoms with Gasteiger partial charge in [0.25, 0.3) is 5.91 Å². The maximum Gasteiger partial charge on any atom is 0.254 e. The number of piperidine rings is 1. The van der Waals surface area contributed by atoms with Crippen molar-refractivity contribution in [2.45, 2.75) is 18.9 Å². The molecule has 0 spiro atoms. The van der Waals surface area contributed by atoms with Crippen LogP contribution in [0.2, 0.25) is 0 Å².